The summed E-state index contributed by atoms with van der Waals surface area (Å²) in [6.07, 6.45) is 0.878. The Morgan fingerprint density at radius 1 is 1.37 bits per heavy atom. The van der Waals surface area contributed by atoms with Crippen LogP contribution in [0.3, 0.4) is 0 Å². The van der Waals surface area contributed by atoms with Crippen molar-refractivity contribution in [3.8, 4) is 0 Å². The smallest absolute Gasteiger partial charge is 0.307 e. The summed E-state index contributed by atoms with van der Waals surface area (Å²) in [6.45, 7) is 15.3. The Morgan fingerprint density at radius 2 is 1.89 bits per heavy atom. The lowest BCUT2D eigenvalue weighted by atomic mass is 9.76. The Morgan fingerprint density at radius 3 is 2.32 bits per heavy atom. The van der Waals surface area contributed by atoms with Crippen LogP contribution in [0.25, 0.3) is 0 Å². The lowest BCUT2D eigenvalue weighted by Gasteiger charge is -2.36. The Bertz CT molecular complexity index is 320. The van der Waals surface area contributed by atoms with E-state index in [1.165, 1.54) is 7.11 Å². The van der Waals surface area contributed by atoms with Crippen molar-refractivity contribution in [3.05, 3.63) is 12.3 Å². The molecule has 4 heteroatoms. The van der Waals surface area contributed by atoms with E-state index in [1.54, 1.807) is 0 Å². The molecule has 112 valence electrons. The summed E-state index contributed by atoms with van der Waals surface area (Å²) in [4.78, 5) is 11.4. The fraction of sp³-hybridized carbons (Fsp3) is 0.800. The van der Waals surface area contributed by atoms with E-state index < -0.39 is 5.54 Å². The molecule has 3 N–H and O–H groups in total. The van der Waals surface area contributed by atoms with Gasteiger partial charge in [0.05, 0.1) is 13.5 Å². The van der Waals surface area contributed by atoms with Gasteiger partial charge in [0, 0.05) is 23.2 Å². The average molecular weight is 270 g/mol. The molecule has 0 aromatic heterocycles. The molecule has 0 saturated carbocycles. The molecule has 1 unspecified atom stereocenters. The van der Waals surface area contributed by atoms with Crippen molar-refractivity contribution in [2.24, 2.45) is 17.1 Å². The largest absolute Gasteiger partial charge is 0.469 e. The molecule has 4 nitrogen and oxygen atoms in total. The molecule has 0 radical (unpaired) electrons. The number of rotatable bonds is 8. The lowest BCUT2D eigenvalue weighted by molar-refractivity contribution is -0.142. The predicted octanol–water partition coefficient (Wildman–Crippen LogP) is 2.44. The molecule has 1 atom stereocenters. The normalized spacial score (nSPS) is 14.9. The summed E-state index contributed by atoms with van der Waals surface area (Å²) < 4.78 is 4.68. The van der Waals surface area contributed by atoms with Crippen LogP contribution in [0.15, 0.2) is 12.3 Å². The summed E-state index contributed by atoms with van der Waals surface area (Å²) >= 11 is 0. The van der Waals surface area contributed by atoms with Gasteiger partial charge in [0.1, 0.15) is 0 Å². The SMILES string of the molecule is C=C(NCC(C)C)C(C)(C)CC(C)(N)CC(=O)OC. The van der Waals surface area contributed by atoms with E-state index in [9.17, 15) is 4.79 Å². The number of esters is 1. The van der Waals surface area contributed by atoms with E-state index in [-0.39, 0.29) is 17.8 Å². The van der Waals surface area contributed by atoms with Crippen LogP contribution in [-0.2, 0) is 9.53 Å². The minimum absolute atomic E-state index is 0.174. The number of hydrogen-bond acceptors (Lipinski definition) is 4. The van der Waals surface area contributed by atoms with Crippen molar-refractivity contribution in [2.45, 2.75) is 53.0 Å². The van der Waals surface area contributed by atoms with E-state index in [2.05, 4.69) is 44.3 Å². The molecule has 0 aliphatic heterocycles. The Balaban J connectivity index is 4.56. The molecule has 0 bridgehead atoms. The minimum Gasteiger partial charge on any atom is -0.469 e. The summed E-state index contributed by atoms with van der Waals surface area (Å²) in [7, 11) is 1.38. The molecule has 0 aliphatic rings. The quantitative estimate of drug-likeness (QED) is 0.665. The molecule has 0 aromatic rings. The second kappa shape index (κ2) is 6.94. The molecule has 0 fully saturated rings. The fourth-order valence-electron chi connectivity index (χ4n) is 2.15. The minimum atomic E-state index is -0.598. The van der Waals surface area contributed by atoms with Gasteiger partial charge in [-0.05, 0) is 19.3 Å². The average Bonchev–Trinajstić information content (AvgIpc) is 2.23. The molecule has 0 aromatic carbocycles. The molecule has 0 spiro atoms. The van der Waals surface area contributed by atoms with Crippen LogP contribution in [0.2, 0.25) is 0 Å². The van der Waals surface area contributed by atoms with E-state index in [1.807, 2.05) is 6.92 Å². The molecule has 0 heterocycles. The molecule has 19 heavy (non-hydrogen) atoms. The zero-order chi connectivity index (χ0) is 15.3. The van der Waals surface area contributed by atoms with Gasteiger partial charge in [-0.1, -0.05) is 34.3 Å². The van der Waals surface area contributed by atoms with Crippen LogP contribution in [0.1, 0.15) is 47.5 Å². The van der Waals surface area contributed by atoms with Crippen LogP contribution in [0.4, 0.5) is 0 Å². The molecule has 0 saturated heterocycles. The summed E-state index contributed by atoms with van der Waals surface area (Å²) in [5.41, 5.74) is 6.39. The number of methoxy groups -OCH3 is 1. The fourth-order valence-corrected chi connectivity index (χ4v) is 2.15. The maximum absolute atomic E-state index is 11.4. The maximum atomic E-state index is 11.4. The van der Waals surface area contributed by atoms with Crippen LogP contribution in [0, 0.1) is 11.3 Å². The molecular formula is C15H30N2O2. The molecule has 0 amide bonds. The highest BCUT2D eigenvalue weighted by atomic mass is 16.5. The van der Waals surface area contributed by atoms with Gasteiger partial charge >= 0.3 is 5.97 Å². The van der Waals surface area contributed by atoms with Gasteiger partial charge in [-0.15, -0.1) is 0 Å². The highest BCUT2D eigenvalue weighted by Gasteiger charge is 2.33. The van der Waals surface area contributed by atoms with E-state index in [0.717, 1.165) is 12.2 Å². The van der Waals surface area contributed by atoms with Crippen LogP contribution in [0.5, 0.6) is 0 Å². The first-order valence-corrected chi connectivity index (χ1v) is 6.79. The number of carbonyl (C=O) groups is 1. The van der Waals surface area contributed by atoms with Crippen LogP contribution >= 0.6 is 0 Å². The Hall–Kier alpha value is -1.03. The van der Waals surface area contributed by atoms with Gasteiger partial charge in [-0.3, -0.25) is 4.79 Å². The van der Waals surface area contributed by atoms with Gasteiger partial charge in [0.2, 0.25) is 0 Å². The first-order valence-electron chi connectivity index (χ1n) is 6.79. The van der Waals surface area contributed by atoms with Crippen molar-refractivity contribution < 1.29 is 9.53 Å². The number of carbonyl (C=O) groups excluding carboxylic acids is 1. The predicted molar refractivity (Wildman–Crippen MR) is 79.6 cm³/mol. The van der Waals surface area contributed by atoms with E-state index in [4.69, 9.17) is 5.73 Å². The number of ether oxygens (including phenoxy) is 1. The number of hydrogen-bond donors (Lipinski definition) is 2. The zero-order valence-corrected chi connectivity index (χ0v) is 13.3. The van der Waals surface area contributed by atoms with Crippen LogP contribution in [-0.4, -0.2) is 25.2 Å². The lowest BCUT2D eigenvalue weighted by Crippen LogP contribution is -2.44. The zero-order valence-electron chi connectivity index (χ0n) is 13.3. The van der Waals surface area contributed by atoms with Crippen molar-refractivity contribution in [3.63, 3.8) is 0 Å². The number of allylic oxidation sites excluding steroid dienone is 1. The highest BCUT2D eigenvalue weighted by molar-refractivity contribution is 5.70. The van der Waals surface area contributed by atoms with Gasteiger partial charge < -0.3 is 15.8 Å². The van der Waals surface area contributed by atoms with Crippen molar-refractivity contribution >= 4 is 5.97 Å². The van der Waals surface area contributed by atoms with Crippen molar-refractivity contribution in [1.29, 1.82) is 0 Å². The van der Waals surface area contributed by atoms with Crippen molar-refractivity contribution in [2.75, 3.05) is 13.7 Å². The van der Waals surface area contributed by atoms with Gasteiger partial charge in [0.15, 0.2) is 0 Å². The number of nitrogens with one attached hydrogen (secondary N) is 1. The monoisotopic (exact) mass is 270 g/mol. The van der Waals surface area contributed by atoms with Gasteiger partial charge in [-0.2, -0.15) is 0 Å². The van der Waals surface area contributed by atoms with E-state index in [0.29, 0.717) is 12.3 Å². The molecule has 0 aliphatic carbocycles. The Labute approximate surface area is 117 Å². The molecule has 0 rings (SSSR count). The highest BCUT2D eigenvalue weighted by Crippen LogP contribution is 2.33. The summed E-state index contributed by atoms with van der Waals surface area (Å²) in [5, 5.41) is 3.35. The third-order valence-corrected chi connectivity index (χ3v) is 3.16. The second-order valence-corrected chi connectivity index (χ2v) is 6.72. The topological polar surface area (TPSA) is 64.3 Å². The van der Waals surface area contributed by atoms with E-state index >= 15 is 0 Å². The second-order valence-electron chi connectivity index (χ2n) is 6.72. The first kappa shape index (κ1) is 18.0. The summed E-state index contributed by atoms with van der Waals surface area (Å²) in [5.74, 6) is 0.286. The van der Waals surface area contributed by atoms with Gasteiger partial charge in [-0.25, -0.2) is 0 Å². The van der Waals surface area contributed by atoms with Crippen LogP contribution < -0.4 is 11.1 Å². The molecular weight excluding hydrogens is 240 g/mol. The Kier molecular flexibility index (Phi) is 6.57. The first-order chi connectivity index (χ1) is 8.50. The standard InChI is InChI=1S/C15H30N2O2/c1-11(2)9-17-12(3)14(4,5)10-15(6,16)8-13(18)19-7/h11,17H,3,8-10,16H2,1-2,4-7H3. The number of nitrogens with two attached hydrogens (primary N) is 1. The maximum Gasteiger partial charge on any atom is 0.307 e. The summed E-state index contributed by atoms with van der Waals surface area (Å²) in [6, 6.07) is 0. The third kappa shape index (κ3) is 7.21. The van der Waals surface area contributed by atoms with Crippen molar-refractivity contribution in [1.82, 2.24) is 5.32 Å². The third-order valence-electron chi connectivity index (χ3n) is 3.16. The van der Waals surface area contributed by atoms with Gasteiger partial charge in [0.25, 0.3) is 0 Å².